The second-order valence-electron chi connectivity index (χ2n) is 6.92. The Bertz CT molecular complexity index is 1120. The summed E-state index contributed by atoms with van der Waals surface area (Å²) in [6.07, 6.45) is 0. The summed E-state index contributed by atoms with van der Waals surface area (Å²) in [5.74, 6) is -1.51. The Morgan fingerprint density at radius 2 is 1.79 bits per heavy atom. The molecular weight excluding hydrogens is 362 g/mol. The molecule has 1 aromatic heterocycles. The molecule has 0 saturated heterocycles. The van der Waals surface area contributed by atoms with Crippen LogP contribution in [0.4, 0.5) is 0 Å². The normalized spacial score (nSPS) is 12.3. The maximum atomic E-state index is 12.2. The SMILES string of the molecule is Cc1c(OCC(=O)NC(C(=O)O)C(C)C)ccc2c1oc(=O)c1ccccc12. The van der Waals surface area contributed by atoms with Crippen LogP contribution in [0, 0.1) is 12.8 Å². The molecule has 0 radical (unpaired) electrons. The average Bonchev–Trinajstić information content (AvgIpc) is 2.66. The number of hydrogen-bond donors (Lipinski definition) is 2. The Kier molecular flexibility index (Phi) is 5.35. The highest BCUT2D eigenvalue weighted by Crippen LogP contribution is 2.30. The Morgan fingerprint density at radius 1 is 1.11 bits per heavy atom. The summed E-state index contributed by atoms with van der Waals surface area (Å²) in [6, 6.07) is 9.66. The van der Waals surface area contributed by atoms with E-state index in [1.165, 1.54) is 0 Å². The first kappa shape index (κ1) is 19.4. The van der Waals surface area contributed by atoms with Gasteiger partial charge in [0.15, 0.2) is 6.61 Å². The maximum absolute atomic E-state index is 12.2. The molecule has 1 atom stereocenters. The van der Waals surface area contributed by atoms with Gasteiger partial charge in [-0.2, -0.15) is 0 Å². The van der Waals surface area contributed by atoms with Crippen LogP contribution >= 0.6 is 0 Å². The third-order valence-electron chi connectivity index (χ3n) is 4.60. The van der Waals surface area contributed by atoms with Crippen LogP contribution in [-0.2, 0) is 9.59 Å². The summed E-state index contributed by atoms with van der Waals surface area (Å²) in [7, 11) is 0. The number of nitrogens with one attached hydrogen (secondary N) is 1. The van der Waals surface area contributed by atoms with Gasteiger partial charge in [0.1, 0.15) is 17.4 Å². The molecule has 0 aliphatic rings. The van der Waals surface area contributed by atoms with Crippen LogP contribution in [0.25, 0.3) is 21.7 Å². The van der Waals surface area contributed by atoms with Crippen LogP contribution in [0.15, 0.2) is 45.6 Å². The van der Waals surface area contributed by atoms with Crippen LogP contribution in [0.2, 0.25) is 0 Å². The highest BCUT2D eigenvalue weighted by Gasteiger charge is 2.23. The summed E-state index contributed by atoms with van der Waals surface area (Å²) >= 11 is 0. The van der Waals surface area contributed by atoms with Crippen molar-refractivity contribution in [1.29, 1.82) is 0 Å². The van der Waals surface area contributed by atoms with Gasteiger partial charge in [0.05, 0.1) is 5.39 Å². The van der Waals surface area contributed by atoms with Crippen molar-refractivity contribution in [3.63, 3.8) is 0 Å². The van der Waals surface area contributed by atoms with E-state index in [2.05, 4.69) is 5.32 Å². The summed E-state index contributed by atoms with van der Waals surface area (Å²) < 4.78 is 11.0. The number of carbonyl (C=O) groups excluding carboxylic acids is 1. The molecule has 0 aliphatic carbocycles. The molecule has 0 aliphatic heterocycles. The minimum absolute atomic E-state index is 0.258. The number of carboxylic acids is 1. The molecule has 3 rings (SSSR count). The molecule has 7 nitrogen and oxygen atoms in total. The number of rotatable bonds is 6. The second kappa shape index (κ2) is 7.72. The van der Waals surface area contributed by atoms with E-state index in [9.17, 15) is 14.4 Å². The molecular formula is C21H21NO6. The highest BCUT2D eigenvalue weighted by molar-refractivity contribution is 6.05. The van der Waals surface area contributed by atoms with Gasteiger partial charge in [0.25, 0.3) is 5.91 Å². The smallest absolute Gasteiger partial charge is 0.344 e. The summed E-state index contributed by atoms with van der Waals surface area (Å²) in [5, 5.41) is 13.6. The highest BCUT2D eigenvalue weighted by atomic mass is 16.5. The van der Waals surface area contributed by atoms with Crippen molar-refractivity contribution in [2.45, 2.75) is 26.8 Å². The van der Waals surface area contributed by atoms with E-state index in [0.717, 1.165) is 10.8 Å². The Morgan fingerprint density at radius 3 is 2.43 bits per heavy atom. The first-order chi connectivity index (χ1) is 13.3. The summed E-state index contributed by atoms with van der Waals surface area (Å²) in [5.41, 5.74) is 0.543. The number of carboxylic acid groups (broad SMARTS) is 1. The van der Waals surface area contributed by atoms with Crippen LogP contribution in [-0.4, -0.2) is 29.6 Å². The molecule has 1 amide bonds. The van der Waals surface area contributed by atoms with E-state index in [0.29, 0.717) is 22.3 Å². The van der Waals surface area contributed by atoms with Crippen molar-refractivity contribution in [3.05, 3.63) is 52.4 Å². The molecule has 2 aromatic carbocycles. The van der Waals surface area contributed by atoms with Crippen molar-refractivity contribution in [2.24, 2.45) is 5.92 Å². The number of carbonyl (C=O) groups is 2. The van der Waals surface area contributed by atoms with E-state index < -0.39 is 23.5 Å². The third kappa shape index (κ3) is 3.69. The van der Waals surface area contributed by atoms with Crippen molar-refractivity contribution in [2.75, 3.05) is 6.61 Å². The van der Waals surface area contributed by atoms with Crippen molar-refractivity contribution >= 4 is 33.6 Å². The number of benzene rings is 2. The predicted octanol–water partition coefficient (Wildman–Crippen LogP) is 2.86. The van der Waals surface area contributed by atoms with Crippen LogP contribution in [0.5, 0.6) is 5.75 Å². The van der Waals surface area contributed by atoms with Gasteiger partial charge in [0, 0.05) is 10.9 Å². The number of amides is 1. The summed E-state index contributed by atoms with van der Waals surface area (Å²) in [6.45, 7) is 4.81. The average molecular weight is 383 g/mol. The molecule has 7 heteroatoms. The first-order valence-electron chi connectivity index (χ1n) is 8.89. The topological polar surface area (TPSA) is 106 Å². The van der Waals surface area contributed by atoms with Gasteiger partial charge in [-0.3, -0.25) is 4.79 Å². The molecule has 0 fully saturated rings. The zero-order chi connectivity index (χ0) is 20.4. The summed E-state index contributed by atoms with van der Waals surface area (Å²) in [4.78, 5) is 35.5. The lowest BCUT2D eigenvalue weighted by Gasteiger charge is -2.18. The molecule has 0 saturated carbocycles. The van der Waals surface area contributed by atoms with E-state index >= 15 is 0 Å². The fraction of sp³-hybridized carbons (Fsp3) is 0.286. The zero-order valence-electron chi connectivity index (χ0n) is 15.8. The van der Waals surface area contributed by atoms with Crippen molar-refractivity contribution in [1.82, 2.24) is 5.32 Å². The molecule has 1 unspecified atom stereocenters. The standard InChI is InChI=1S/C21H21NO6/c1-11(2)18(20(24)25)22-17(23)10-27-16-9-8-14-13-6-4-5-7-15(13)21(26)28-19(14)12(16)3/h4-9,11,18H,10H2,1-3H3,(H,22,23)(H,24,25). The minimum Gasteiger partial charge on any atom is -0.483 e. The Labute approximate surface area is 160 Å². The number of ether oxygens (including phenoxy) is 1. The van der Waals surface area contributed by atoms with E-state index in [1.807, 2.05) is 12.1 Å². The number of fused-ring (bicyclic) bond motifs is 3. The first-order valence-corrected chi connectivity index (χ1v) is 8.89. The van der Waals surface area contributed by atoms with Crippen molar-refractivity contribution < 1.29 is 23.8 Å². The third-order valence-corrected chi connectivity index (χ3v) is 4.60. The fourth-order valence-electron chi connectivity index (χ4n) is 3.09. The van der Waals surface area contributed by atoms with Crippen molar-refractivity contribution in [3.8, 4) is 5.75 Å². The largest absolute Gasteiger partial charge is 0.483 e. The lowest BCUT2D eigenvalue weighted by atomic mass is 10.0. The van der Waals surface area contributed by atoms with Crippen LogP contribution < -0.4 is 15.7 Å². The number of aliphatic carboxylic acids is 1. The van der Waals surface area contributed by atoms with Gasteiger partial charge in [-0.25, -0.2) is 9.59 Å². The van der Waals surface area contributed by atoms with Crippen LogP contribution in [0.3, 0.4) is 0 Å². The lowest BCUT2D eigenvalue weighted by molar-refractivity contribution is -0.143. The Hall–Kier alpha value is -3.35. The Balaban J connectivity index is 1.86. The molecule has 0 spiro atoms. The van der Waals surface area contributed by atoms with Gasteiger partial charge in [0.2, 0.25) is 0 Å². The number of aryl methyl sites for hydroxylation is 1. The molecule has 146 valence electrons. The lowest BCUT2D eigenvalue weighted by Crippen LogP contribution is -2.46. The van der Waals surface area contributed by atoms with Gasteiger partial charge in [-0.05, 0) is 36.4 Å². The van der Waals surface area contributed by atoms with E-state index in [-0.39, 0.29) is 12.5 Å². The maximum Gasteiger partial charge on any atom is 0.344 e. The fourth-order valence-corrected chi connectivity index (χ4v) is 3.09. The molecule has 28 heavy (non-hydrogen) atoms. The minimum atomic E-state index is -1.10. The zero-order valence-corrected chi connectivity index (χ0v) is 15.8. The monoisotopic (exact) mass is 383 g/mol. The molecule has 1 heterocycles. The quantitative estimate of drug-likeness (QED) is 0.501. The van der Waals surface area contributed by atoms with Gasteiger partial charge < -0.3 is 19.6 Å². The van der Waals surface area contributed by atoms with E-state index in [1.54, 1.807) is 45.0 Å². The number of hydrogen-bond acceptors (Lipinski definition) is 5. The van der Waals surface area contributed by atoms with Gasteiger partial charge in [-0.1, -0.05) is 32.0 Å². The van der Waals surface area contributed by atoms with Gasteiger partial charge in [-0.15, -0.1) is 0 Å². The second-order valence-corrected chi connectivity index (χ2v) is 6.92. The van der Waals surface area contributed by atoms with Gasteiger partial charge >= 0.3 is 11.6 Å². The molecule has 2 N–H and O–H groups in total. The molecule has 0 bridgehead atoms. The molecule has 3 aromatic rings. The van der Waals surface area contributed by atoms with Crippen LogP contribution in [0.1, 0.15) is 19.4 Å². The van der Waals surface area contributed by atoms with E-state index in [4.69, 9.17) is 14.3 Å². The predicted molar refractivity (Wildman–Crippen MR) is 105 cm³/mol.